The van der Waals surface area contributed by atoms with Crippen LogP contribution in [-0.2, 0) is 0 Å². The first-order valence-electron chi connectivity index (χ1n) is 6.04. The molecule has 1 unspecified atom stereocenters. The Bertz CT molecular complexity index is 701. The zero-order valence-electron chi connectivity index (χ0n) is 10.0. The van der Waals surface area contributed by atoms with Crippen molar-refractivity contribution in [2.45, 2.75) is 16.6 Å². The molecule has 0 saturated heterocycles. The van der Waals surface area contributed by atoms with Gasteiger partial charge in [-0.2, -0.15) is 11.3 Å². The van der Waals surface area contributed by atoms with Gasteiger partial charge in [-0.3, -0.25) is 0 Å². The van der Waals surface area contributed by atoms with Crippen molar-refractivity contribution in [2.24, 2.45) is 0 Å². The smallest absolute Gasteiger partial charge is 0.141 e. The van der Waals surface area contributed by atoms with Crippen LogP contribution >= 0.6 is 23.1 Å². The van der Waals surface area contributed by atoms with Crippen molar-refractivity contribution >= 4 is 40.1 Å². The highest BCUT2D eigenvalue weighted by atomic mass is 32.2. The Morgan fingerprint density at radius 1 is 1.26 bits per heavy atom. The fourth-order valence-electron chi connectivity index (χ4n) is 2.52. The fraction of sp³-hybridized carbons (Fsp3) is 0.143. The van der Waals surface area contributed by atoms with Gasteiger partial charge in [-0.05, 0) is 40.0 Å². The van der Waals surface area contributed by atoms with Gasteiger partial charge >= 0.3 is 0 Å². The Morgan fingerprint density at radius 2 is 2.21 bits per heavy atom. The quantitative estimate of drug-likeness (QED) is 0.871. The van der Waals surface area contributed by atoms with Gasteiger partial charge in [0.25, 0.3) is 0 Å². The molecule has 19 heavy (non-hydrogen) atoms. The van der Waals surface area contributed by atoms with Crippen LogP contribution < -0.4 is 5.73 Å². The normalized spacial score (nSPS) is 20.5. The van der Waals surface area contributed by atoms with E-state index in [-0.39, 0.29) is 0 Å². The minimum atomic E-state index is 0.425. The summed E-state index contributed by atoms with van der Waals surface area (Å²) in [6.07, 6.45) is 6.98. The number of hydrogen-bond donors (Lipinski definition) is 1. The number of allylic oxidation sites excluding steroid dienone is 3. The molecule has 2 aliphatic rings. The molecule has 5 heteroatoms. The summed E-state index contributed by atoms with van der Waals surface area (Å²) in [7, 11) is 0. The summed E-state index contributed by atoms with van der Waals surface area (Å²) in [6.45, 7) is 0. The van der Waals surface area contributed by atoms with Crippen molar-refractivity contribution in [3.8, 4) is 0 Å². The van der Waals surface area contributed by atoms with E-state index in [4.69, 9.17) is 5.73 Å². The minimum absolute atomic E-state index is 0.425. The molecule has 0 radical (unpaired) electrons. The molecule has 0 spiro atoms. The topological polar surface area (TPSA) is 51.8 Å². The molecule has 3 nitrogen and oxygen atoms in total. The van der Waals surface area contributed by atoms with Gasteiger partial charge in [-0.25, -0.2) is 9.97 Å². The first kappa shape index (κ1) is 11.3. The Hall–Kier alpha value is -1.59. The van der Waals surface area contributed by atoms with Crippen LogP contribution in [0.3, 0.4) is 0 Å². The van der Waals surface area contributed by atoms with E-state index in [9.17, 15) is 0 Å². The van der Waals surface area contributed by atoms with Crippen LogP contribution in [0.25, 0.3) is 11.1 Å². The van der Waals surface area contributed by atoms with Crippen LogP contribution in [0.5, 0.6) is 0 Å². The number of nitrogen functional groups attached to an aromatic ring is 1. The number of thioether (sulfide) groups is 1. The van der Waals surface area contributed by atoms with E-state index < -0.39 is 0 Å². The largest absolute Gasteiger partial charge is 0.383 e. The van der Waals surface area contributed by atoms with Crippen molar-refractivity contribution in [1.29, 1.82) is 0 Å². The Labute approximate surface area is 119 Å². The van der Waals surface area contributed by atoms with Crippen LogP contribution in [0.15, 0.2) is 40.2 Å². The summed E-state index contributed by atoms with van der Waals surface area (Å²) in [4.78, 5) is 9.51. The number of rotatable bonds is 1. The van der Waals surface area contributed by atoms with Gasteiger partial charge in [0.05, 0.1) is 10.6 Å². The molecule has 4 rings (SSSR count). The lowest BCUT2D eigenvalue weighted by atomic mass is 9.93. The average Bonchev–Trinajstić information content (AvgIpc) is 3.06. The van der Waals surface area contributed by atoms with Gasteiger partial charge in [-0.15, -0.1) is 11.8 Å². The van der Waals surface area contributed by atoms with Gasteiger partial charge in [0.1, 0.15) is 12.1 Å². The lowest BCUT2D eigenvalue weighted by molar-refractivity contribution is 1.06. The van der Waals surface area contributed by atoms with Crippen molar-refractivity contribution in [2.75, 3.05) is 5.73 Å². The summed E-state index contributed by atoms with van der Waals surface area (Å²) in [5, 5.41) is 4.75. The number of nitrogens with two attached hydrogens (primary N) is 1. The molecule has 94 valence electrons. The molecule has 3 heterocycles. The maximum absolute atomic E-state index is 5.94. The first-order valence-corrected chi connectivity index (χ1v) is 7.86. The average molecular weight is 285 g/mol. The van der Waals surface area contributed by atoms with Crippen molar-refractivity contribution in [1.82, 2.24) is 9.97 Å². The zero-order chi connectivity index (χ0) is 12.8. The highest BCUT2D eigenvalue weighted by Gasteiger charge is 2.33. The van der Waals surface area contributed by atoms with E-state index in [2.05, 4.69) is 38.9 Å². The molecule has 1 aliphatic carbocycles. The molecule has 0 amide bonds. The molecule has 1 aliphatic heterocycles. The number of hydrogen-bond acceptors (Lipinski definition) is 5. The van der Waals surface area contributed by atoms with E-state index in [1.807, 2.05) is 0 Å². The third-order valence-corrected chi connectivity index (χ3v) is 5.50. The Kier molecular flexibility index (Phi) is 2.50. The predicted octanol–water partition coefficient (Wildman–Crippen LogP) is 3.47. The highest BCUT2D eigenvalue weighted by molar-refractivity contribution is 8.01. The summed E-state index contributed by atoms with van der Waals surface area (Å²) in [6, 6.07) is 2.18. The number of anilines is 1. The minimum Gasteiger partial charge on any atom is -0.383 e. The van der Waals surface area contributed by atoms with Gasteiger partial charge in [0.15, 0.2) is 0 Å². The van der Waals surface area contributed by atoms with Gasteiger partial charge < -0.3 is 5.73 Å². The number of thiophene rings is 1. The predicted molar refractivity (Wildman–Crippen MR) is 81.0 cm³/mol. The monoisotopic (exact) mass is 285 g/mol. The van der Waals surface area contributed by atoms with Gasteiger partial charge in [0, 0.05) is 5.25 Å². The van der Waals surface area contributed by atoms with E-state index >= 15 is 0 Å². The van der Waals surface area contributed by atoms with E-state index in [0.717, 1.165) is 17.0 Å². The third-order valence-electron chi connectivity index (χ3n) is 3.47. The highest BCUT2D eigenvalue weighted by Crippen LogP contribution is 2.50. The van der Waals surface area contributed by atoms with Crippen LogP contribution in [0.1, 0.15) is 17.7 Å². The van der Waals surface area contributed by atoms with Crippen LogP contribution in [-0.4, -0.2) is 15.2 Å². The zero-order valence-corrected chi connectivity index (χ0v) is 11.7. The second kappa shape index (κ2) is 4.21. The van der Waals surface area contributed by atoms with Crippen molar-refractivity contribution < 1.29 is 0 Å². The van der Waals surface area contributed by atoms with Gasteiger partial charge in [0.2, 0.25) is 0 Å². The molecule has 2 N–H and O–H groups in total. The second-order valence-electron chi connectivity index (χ2n) is 4.57. The summed E-state index contributed by atoms with van der Waals surface area (Å²) in [5.74, 6) is 0.599. The number of nitrogens with zero attached hydrogens (tertiary/aromatic N) is 2. The maximum atomic E-state index is 5.94. The number of fused-ring (bicyclic) bond motifs is 3. The SMILES string of the molecule is Nc1ncnc2c1SC1CC(c3ccsc3)=CC=C21. The van der Waals surface area contributed by atoms with Crippen molar-refractivity contribution in [3.63, 3.8) is 0 Å². The molecule has 0 saturated carbocycles. The van der Waals surface area contributed by atoms with Crippen LogP contribution in [0.4, 0.5) is 5.82 Å². The first-order chi connectivity index (χ1) is 9.33. The molecule has 2 aromatic rings. The second-order valence-corrected chi connectivity index (χ2v) is 6.57. The lowest BCUT2D eigenvalue weighted by Crippen LogP contribution is -2.05. The van der Waals surface area contributed by atoms with Crippen molar-refractivity contribution in [3.05, 3.63) is 46.6 Å². The van der Waals surface area contributed by atoms with E-state index in [1.165, 1.54) is 16.7 Å². The summed E-state index contributed by atoms with van der Waals surface area (Å²) >= 11 is 3.53. The van der Waals surface area contributed by atoms with Crippen LogP contribution in [0, 0.1) is 0 Å². The summed E-state index contributed by atoms with van der Waals surface area (Å²) in [5.41, 5.74) is 11.0. The molecular formula is C14H11N3S2. The Morgan fingerprint density at radius 3 is 3.05 bits per heavy atom. The standard InChI is InChI=1S/C14H11N3S2/c15-14-13-12(16-7-17-14)10-2-1-8(5-11(10)19-13)9-3-4-18-6-9/h1-4,6-7,11H,5H2,(H2,15,16,17). The Balaban J connectivity index is 1.77. The third kappa shape index (κ3) is 1.73. The van der Waals surface area contributed by atoms with E-state index in [1.54, 1.807) is 29.4 Å². The molecule has 0 aromatic carbocycles. The summed E-state index contributed by atoms with van der Waals surface area (Å²) < 4.78 is 0. The van der Waals surface area contributed by atoms with E-state index in [0.29, 0.717) is 11.1 Å². The molecular weight excluding hydrogens is 274 g/mol. The molecule has 2 aromatic heterocycles. The lowest BCUT2D eigenvalue weighted by Gasteiger charge is -2.17. The molecule has 1 atom stereocenters. The van der Waals surface area contributed by atoms with Crippen LogP contribution in [0.2, 0.25) is 0 Å². The van der Waals surface area contributed by atoms with Gasteiger partial charge in [-0.1, -0.05) is 12.2 Å². The fourth-order valence-corrected chi connectivity index (χ4v) is 4.53. The maximum Gasteiger partial charge on any atom is 0.141 e. The molecule has 0 bridgehead atoms. The number of aromatic nitrogens is 2. The molecule has 0 fully saturated rings.